The quantitative estimate of drug-likeness (QED) is 0.866. The lowest BCUT2D eigenvalue weighted by Gasteiger charge is -2.27. The fraction of sp³-hybridized carbons (Fsp3) is 0.533. The Hall–Kier alpha value is -1.40. The summed E-state index contributed by atoms with van der Waals surface area (Å²) in [7, 11) is -2.52. The van der Waals surface area contributed by atoms with E-state index in [2.05, 4.69) is 23.3 Å². The first-order valence-electron chi connectivity index (χ1n) is 6.97. The molecule has 1 atom stereocenters. The van der Waals surface area contributed by atoms with E-state index in [0.717, 1.165) is 19.3 Å². The summed E-state index contributed by atoms with van der Waals surface area (Å²) in [5, 5.41) is 0. The lowest BCUT2D eigenvalue weighted by molar-refractivity contribution is 0.0596. The maximum atomic E-state index is 12.6. The van der Waals surface area contributed by atoms with Crippen molar-refractivity contribution in [2.75, 3.05) is 7.11 Å². The second kappa shape index (κ2) is 5.77. The summed E-state index contributed by atoms with van der Waals surface area (Å²) in [5.74, 6) is -0.651. The van der Waals surface area contributed by atoms with E-state index < -0.39 is 16.0 Å². The van der Waals surface area contributed by atoms with E-state index >= 15 is 0 Å². The SMILES string of the molecule is COC(=O)c1ccccc1S(=O)(=O)NC1CCCC1(C)C. The van der Waals surface area contributed by atoms with E-state index in [1.54, 1.807) is 12.1 Å². The molecule has 0 radical (unpaired) electrons. The highest BCUT2D eigenvalue weighted by Gasteiger charge is 2.38. The molecule has 5 nitrogen and oxygen atoms in total. The zero-order valence-electron chi connectivity index (χ0n) is 12.5. The Balaban J connectivity index is 2.35. The number of esters is 1. The van der Waals surface area contributed by atoms with Crippen LogP contribution < -0.4 is 4.72 Å². The van der Waals surface area contributed by atoms with E-state index in [9.17, 15) is 13.2 Å². The summed E-state index contributed by atoms with van der Waals surface area (Å²) in [5.41, 5.74) is -0.0175. The normalized spacial score (nSPS) is 21.2. The van der Waals surface area contributed by atoms with Gasteiger partial charge in [-0.15, -0.1) is 0 Å². The standard InChI is InChI=1S/C15H21NO4S/c1-15(2)10-6-9-13(15)16-21(18,19)12-8-5-4-7-11(12)14(17)20-3/h4-5,7-8,13,16H,6,9-10H2,1-3H3. The Kier molecular flexibility index (Phi) is 4.39. The van der Waals surface area contributed by atoms with Gasteiger partial charge in [-0.2, -0.15) is 0 Å². The average molecular weight is 311 g/mol. The van der Waals surface area contributed by atoms with Crippen LogP contribution in [0.5, 0.6) is 0 Å². The Bertz CT molecular complexity index is 637. The molecule has 1 aromatic carbocycles. The molecule has 21 heavy (non-hydrogen) atoms. The minimum Gasteiger partial charge on any atom is -0.465 e. The van der Waals surface area contributed by atoms with Gasteiger partial charge in [-0.25, -0.2) is 17.9 Å². The zero-order valence-corrected chi connectivity index (χ0v) is 13.4. The van der Waals surface area contributed by atoms with Crippen LogP contribution in [-0.2, 0) is 14.8 Å². The second-order valence-corrected chi connectivity index (χ2v) is 7.72. The van der Waals surface area contributed by atoms with Crippen LogP contribution in [0.2, 0.25) is 0 Å². The second-order valence-electron chi connectivity index (χ2n) is 6.04. The van der Waals surface area contributed by atoms with Crippen LogP contribution >= 0.6 is 0 Å². The monoisotopic (exact) mass is 311 g/mol. The van der Waals surface area contributed by atoms with Crippen LogP contribution in [0.15, 0.2) is 29.2 Å². The molecule has 116 valence electrons. The van der Waals surface area contributed by atoms with Crippen LogP contribution in [-0.4, -0.2) is 27.5 Å². The highest BCUT2D eigenvalue weighted by Crippen LogP contribution is 2.38. The summed E-state index contributed by atoms with van der Waals surface area (Å²) in [4.78, 5) is 11.7. The van der Waals surface area contributed by atoms with E-state index in [-0.39, 0.29) is 21.9 Å². The van der Waals surface area contributed by atoms with Gasteiger partial charge in [0.2, 0.25) is 10.0 Å². The number of carbonyl (C=O) groups is 1. The fourth-order valence-electron chi connectivity index (χ4n) is 2.78. The molecule has 1 unspecified atom stereocenters. The number of hydrogen-bond donors (Lipinski definition) is 1. The van der Waals surface area contributed by atoms with Gasteiger partial charge in [0.15, 0.2) is 0 Å². The van der Waals surface area contributed by atoms with Gasteiger partial charge >= 0.3 is 5.97 Å². The van der Waals surface area contributed by atoms with E-state index in [0.29, 0.717) is 0 Å². The van der Waals surface area contributed by atoms with Gasteiger partial charge < -0.3 is 4.74 Å². The molecule has 6 heteroatoms. The zero-order chi connectivity index (χ0) is 15.7. The van der Waals surface area contributed by atoms with Gasteiger partial charge in [0.05, 0.1) is 17.6 Å². The first kappa shape index (κ1) is 16.0. The van der Waals surface area contributed by atoms with Gasteiger partial charge in [-0.1, -0.05) is 32.4 Å². The molecule has 0 saturated heterocycles. The summed E-state index contributed by atoms with van der Waals surface area (Å²) < 4.78 is 32.6. The smallest absolute Gasteiger partial charge is 0.339 e. The lowest BCUT2D eigenvalue weighted by atomic mass is 9.88. The van der Waals surface area contributed by atoms with Crippen molar-refractivity contribution in [1.82, 2.24) is 4.72 Å². The minimum atomic E-state index is -3.75. The number of methoxy groups -OCH3 is 1. The number of rotatable bonds is 4. The third-order valence-corrected chi connectivity index (χ3v) is 5.67. The summed E-state index contributed by atoms with van der Waals surface area (Å²) in [6.07, 6.45) is 2.80. The Morgan fingerprint density at radius 3 is 2.57 bits per heavy atom. The maximum absolute atomic E-state index is 12.6. The summed E-state index contributed by atoms with van der Waals surface area (Å²) >= 11 is 0. The van der Waals surface area contributed by atoms with Crippen molar-refractivity contribution >= 4 is 16.0 Å². The molecule has 2 rings (SSSR count). The molecule has 1 fully saturated rings. The third-order valence-electron chi connectivity index (χ3n) is 4.14. The van der Waals surface area contributed by atoms with Crippen molar-refractivity contribution in [3.63, 3.8) is 0 Å². The molecule has 1 aliphatic rings. The van der Waals surface area contributed by atoms with Crippen molar-refractivity contribution in [2.24, 2.45) is 5.41 Å². The number of hydrogen-bond acceptors (Lipinski definition) is 4. The Morgan fingerprint density at radius 1 is 1.33 bits per heavy atom. The van der Waals surface area contributed by atoms with Crippen LogP contribution in [0, 0.1) is 5.41 Å². The molecule has 0 bridgehead atoms. The number of carbonyl (C=O) groups excluding carboxylic acids is 1. The van der Waals surface area contributed by atoms with E-state index in [4.69, 9.17) is 0 Å². The van der Waals surface area contributed by atoms with Gasteiger partial charge in [0, 0.05) is 6.04 Å². The van der Waals surface area contributed by atoms with Crippen molar-refractivity contribution in [1.29, 1.82) is 0 Å². The molecule has 0 amide bonds. The number of benzene rings is 1. The lowest BCUT2D eigenvalue weighted by Crippen LogP contribution is -2.41. The molecule has 1 aromatic rings. The van der Waals surface area contributed by atoms with E-state index in [1.807, 2.05) is 0 Å². The van der Waals surface area contributed by atoms with Crippen molar-refractivity contribution in [2.45, 2.75) is 44.0 Å². The first-order valence-corrected chi connectivity index (χ1v) is 8.46. The fourth-order valence-corrected chi connectivity index (χ4v) is 4.41. The molecular weight excluding hydrogens is 290 g/mol. The van der Waals surface area contributed by atoms with Crippen LogP contribution in [0.3, 0.4) is 0 Å². The molecule has 0 spiro atoms. The van der Waals surface area contributed by atoms with Gasteiger partial charge in [0.25, 0.3) is 0 Å². The number of sulfonamides is 1. The maximum Gasteiger partial charge on any atom is 0.339 e. The predicted molar refractivity (Wildman–Crippen MR) is 79.5 cm³/mol. The van der Waals surface area contributed by atoms with Crippen molar-refractivity contribution < 1.29 is 17.9 Å². The number of nitrogens with one attached hydrogen (secondary N) is 1. The number of ether oxygens (including phenoxy) is 1. The first-order chi connectivity index (χ1) is 9.78. The van der Waals surface area contributed by atoms with Crippen LogP contribution in [0.1, 0.15) is 43.5 Å². The average Bonchev–Trinajstić information content (AvgIpc) is 2.76. The highest BCUT2D eigenvalue weighted by molar-refractivity contribution is 7.89. The molecule has 0 heterocycles. The van der Waals surface area contributed by atoms with Crippen molar-refractivity contribution in [3.05, 3.63) is 29.8 Å². The van der Waals surface area contributed by atoms with Gasteiger partial charge in [-0.05, 0) is 30.4 Å². The Morgan fingerprint density at radius 2 is 2.00 bits per heavy atom. The van der Waals surface area contributed by atoms with Crippen LogP contribution in [0.4, 0.5) is 0 Å². The topological polar surface area (TPSA) is 72.5 Å². The minimum absolute atomic E-state index is 0.0282. The van der Waals surface area contributed by atoms with Crippen LogP contribution in [0.25, 0.3) is 0 Å². The van der Waals surface area contributed by atoms with E-state index in [1.165, 1.54) is 19.2 Å². The largest absolute Gasteiger partial charge is 0.465 e. The van der Waals surface area contributed by atoms with Gasteiger partial charge in [0.1, 0.15) is 0 Å². The predicted octanol–water partition coefficient (Wildman–Crippen LogP) is 2.33. The molecule has 1 saturated carbocycles. The third kappa shape index (κ3) is 3.27. The molecule has 0 aliphatic heterocycles. The Labute approximate surface area is 125 Å². The van der Waals surface area contributed by atoms with Crippen molar-refractivity contribution in [3.8, 4) is 0 Å². The molecule has 1 aliphatic carbocycles. The molecular formula is C15H21NO4S. The molecule has 1 N–H and O–H groups in total. The summed E-state index contributed by atoms with van der Waals surface area (Å²) in [6, 6.07) is 5.98. The van der Waals surface area contributed by atoms with Gasteiger partial charge in [-0.3, -0.25) is 0 Å². The summed E-state index contributed by atoms with van der Waals surface area (Å²) in [6.45, 7) is 4.11. The molecule has 0 aromatic heterocycles. The highest BCUT2D eigenvalue weighted by atomic mass is 32.2.